The molecule has 10 nitrogen and oxygen atoms in total. The third kappa shape index (κ3) is 5.06. The summed E-state index contributed by atoms with van der Waals surface area (Å²) in [7, 11) is -3.34. The van der Waals surface area contributed by atoms with Gasteiger partial charge in [0.1, 0.15) is 5.82 Å². The van der Waals surface area contributed by atoms with Crippen LogP contribution in [0.2, 0.25) is 5.02 Å². The number of morpholine rings is 1. The average Bonchev–Trinajstić information content (AvgIpc) is 3.21. The van der Waals surface area contributed by atoms with E-state index in [1.54, 1.807) is 24.3 Å². The first kappa shape index (κ1) is 21.8. The van der Waals surface area contributed by atoms with Crippen molar-refractivity contribution >= 4 is 39.1 Å². The topological polar surface area (TPSA) is 123 Å². The number of amides is 2. The highest BCUT2D eigenvalue weighted by Crippen LogP contribution is 2.33. The number of hydrogen-bond acceptors (Lipinski definition) is 7. The largest absolute Gasteiger partial charge is 0.379 e. The predicted molar refractivity (Wildman–Crippen MR) is 114 cm³/mol. The number of aromatic nitrogens is 2. The summed E-state index contributed by atoms with van der Waals surface area (Å²) < 4.78 is 30.8. The summed E-state index contributed by atoms with van der Waals surface area (Å²) >= 11 is 6.06. The Bertz CT molecular complexity index is 1110. The number of ether oxygens (including phenoxy) is 1. The molecule has 2 N–H and O–H groups in total. The molecule has 0 bridgehead atoms. The van der Waals surface area contributed by atoms with Crippen molar-refractivity contribution in [2.75, 3.05) is 44.7 Å². The Morgan fingerprint density at radius 1 is 1.16 bits per heavy atom. The van der Waals surface area contributed by atoms with E-state index < -0.39 is 21.7 Å². The Labute approximate surface area is 184 Å². The van der Waals surface area contributed by atoms with Crippen LogP contribution in [-0.4, -0.2) is 74.3 Å². The molecule has 1 saturated heterocycles. The molecular formula is C19H22ClN5O5S. The maximum Gasteiger partial charge on any atom is 0.314 e. The monoisotopic (exact) mass is 467 g/mol. The number of sulfone groups is 1. The first-order chi connectivity index (χ1) is 14.8. The smallest absolute Gasteiger partial charge is 0.314 e. The van der Waals surface area contributed by atoms with Crippen LogP contribution >= 0.6 is 11.6 Å². The summed E-state index contributed by atoms with van der Waals surface area (Å²) in [5.74, 6) is -2.01. The second-order valence-corrected chi connectivity index (χ2v) is 9.86. The van der Waals surface area contributed by atoms with E-state index in [-0.39, 0.29) is 17.3 Å². The van der Waals surface area contributed by atoms with E-state index in [1.165, 1.54) is 4.68 Å². The van der Waals surface area contributed by atoms with Crippen molar-refractivity contribution in [3.63, 3.8) is 0 Å². The van der Waals surface area contributed by atoms with Gasteiger partial charge in [-0.1, -0.05) is 17.7 Å². The van der Waals surface area contributed by atoms with E-state index in [4.69, 9.17) is 16.3 Å². The van der Waals surface area contributed by atoms with Crippen molar-refractivity contribution in [3.05, 3.63) is 40.5 Å². The minimum absolute atomic E-state index is 0.159. The minimum Gasteiger partial charge on any atom is -0.379 e. The number of carbonyl (C=O) groups excluding carboxylic acids is 2. The van der Waals surface area contributed by atoms with E-state index in [2.05, 4.69) is 20.6 Å². The number of halogens is 1. The van der Waals surface area contributed by atoms with Gasteiger partial charge in [0.05, 0.1) is 36.1 Å². The van der Waals surface area contributed by atoms with Crippen LogP contribution in [0.15, 0.2) is 24.3 Å². The first-order valence-corrected chi connectivity index (χ1v) is 12.0. The molecule has 0 radical (unpaired) electrons. The van der Waals surface area contributed by atoms with E-state index in [1.807, 2.05) is 0 Å². The van der Waals surface area contributed by atoms with Crippen LogP contribution in [0.3, 0.4) is 0 Å². The molecule has 2 amide bonds. The number of hydrogen-bond donors (Lipinski definition) is 2. The van der Waals surface area contributed by atoms with Crippen LogP contribution in [0.25, 0.3) is 5.69 Å². The highest BCUT2D eigenvalue weighted by atomic mass is 35.5. The van der Waals surface area contributed by atoms with Gasteiger partial charge in [-0.3, -0.25) is 14.5 Å². The van der Waals surface area contributed by atoms with Crippen LogP contribution in [-0.2, 0) is 35.7 Å². The summed E-state index contributed by atoms with van der Waals surface area (Å²) in [6.45, 7) is 3.78. The lowest BCUT2D eigenvalue weighted by atomic mass is 10.2. The van der Waals surface area contributed by atoms with Gasteiger partial charge in [-0.05, 0) is 18.2 Å². The fraction of sp³-hybridized carbons (Fsp3) is 0.421. The zero-order chi connectivity index (χ0) is 22.0. The third-order valence-electron chi connectivity index (χ3n) is 5.10. The van der Waals surface area contributed by atoms with Gasteiger partial charge in [-0.15, -0.1) is 0 Å². The van der Waals surface area contributed by atoms with Crippen LogP contribution < -0.4 is 10.6 Å². The standard InChI is InChI=1S/C19H22ClN5O5S/c20-13-2-1-3-14(10-13)25-17(15-11-31(28,29)12-16(15)23-25)22-19(27)18(26)21-4-5-24-6-8-30-9-7-24/h1-3,10H,4-9,11-12H2,(H,21,26)(H,22,27). The number of fused-ring (bicyclic) bond motifs is 1. The van der Waals surface area contributed by atoms with E-state index in [0.717, 1.165) is 13.1 Å². The van der Waals surface area contributed by atoms with E-state index in [9.17, 15) is 18.0 Å². The summed E-state index contributed by atoms with van der Waals surface area (Å²) in [5, 5.41) is 9.94. The van der Waals surface area contributed by atoms with Crippen molar-refractivity contribution < 1.29 is 22.7 Å². The Morgan fingerprint density at radius 3 is 2.68 bits per heavy atom. The lowest BCUT2D eigenvalue weighted by Crippen LogP contribution is -2.43. The summed E-state index contributed by atoms with van der Waals surface area (Å²) in [4.78, 5) is 27.0. The molecular weight excluding hydrogens is 446 g/mol. The quantitative estimate of drug-likeness (QED) is 0.608. The van der Waals surface area contributed by atoms with Crippen molar-refractivity contribution in [3.8, 4) is 5.69 Å². The SMILES string of the molecule is O=C(NCCN1CCOCC1)C(=O)Nc1c2c(nn1-c1cccc(Cl)c1)CS(=O)(=O)C2. The maximum atomic E-state index is 12.5. The number of carbonyl (C=O) groups is 2. The predicted octanol–water partition coefficient (Wildman–Crippen LogP) is 0.341. The average molecular weight is 468 g/mol. The molecule has 2 aromatic rings. The second-order valence-electron chi connectivity index (χ2n) is 7.36. The minimum atomic E-state index is -3.34. The van der Waals surface area contributed by atoms with Crippen molar-refractivity contribution in [1.29, 1.82) is 0 Å². The van der Waals surface area contributed by atoms with Crippen molar-refractivity contribution in [2.24, 2.45) is 0 Å². The van der Waals surface area contributed by atoms with Crippen LogP contribution in [0, 0.1) is 0 Å². The number of anilines is 1. The fourth-order valence-electron chi connectivity index (χ4n) is 3.56. The van der Waals surface area contributed by atoms with Gasteiger partial charge in [-0.2, -0.15) is 5.10 Å². The molecule has 3 heterocycles. The van der Waals surface area contributed by atoms with Crippen LogP contribution in [0.5, 0.6) is 0 Å². The number of nitrogens with zero attached hydrogens (tertiary/aromatic N) is 3. The van der Waals surface area contributed by atoms with Gasteiger partial charge in [0.15, 0.2) is 9.84 Å². The van der Waals surface area contributed by atoms with Crippen molar-refractivity contribution in [1.82, 2.24) is 20.0 Å². The molecule has 0 atom stereocenters. The molecule has 166 valence electrons. The molecule has 1 fully saturated rings. The van der Waals surface area contributed by atoms with E-state index >= 15 is 0 Å². The molecule has 0 aliphatic carbocycles. The lowest BCUT2D eigenvalue weighted by molar-refractivity contribution is -0.136. The molecule has 2 aliphatic heterocycles. The van der Waals surface area contributed by atoms with Gasteiger partial charge < -0.3 is 15.4 Å². The Hall–Kier alpha value is -2.47. The van der Waals surface area contributed by atoms with E-state index in [0.29, 0.717) is 48.3 Å². The Kier molecular flexibility index (Phi) is 6.28. The Morgan fingerprint density at radius 2 is 1.94 bits per heavy atom. The number of nitrogens with one attached hydrogen (secondary N) is 2. The second kappa shape index (κ2) is 8.95. The highest BCUT2D eigenvalue weighted by Gasteiger charge is 2.34. The summed E-state index contributed by atoms with van der Waals surface area (Å²) in [6, 6.07) is 6.76. The first-order valence-electron chi connectivity index (χ1n) is 9.79. The molecule has 4 rings (SSSR count). The molecule has 0 saturated carbocycles. The van der Waals surface area contributed by atoms with Crippen molar-refractivity contribution in [2.45, 2.75) is 11.5 Å². The molecule has 31 heavy (non-hydrogen) atoms. The lowest BCUT2D eigenvalue weighted by Gasteiger charge is -2.26. The van der Waals surface area contributed by atoms with Gasteiger partial charge in [0, 0.05) is 36.8 Å². The molecule has 0 spiro atoms. The number of rotatable bonds is 5. The third-order valence-corrected chi connectivity index (χ3v) is 6.77. The zero-order valence-corrected chi connectivity index (χ0v) is 18.2. The number of benzene rings is 1. The highest BCUT2D eigenvalue weighted by molar-refractivity contribution is 7.90. The van der Waals surface area contributed by atoms with Gasteiger partial charge in [0.25, 0.3) is 0 Å². The van der Waals surface area contributed by atoms with Gasteiger partial charge in [-0.25, -0.2) is 13.1 Å². The molecule has 12 heteroatoms. The molecule has 1 aromatic heterocycles. The van der Waals surface area contributed by atoms with Gasteiger partial charge in [0.2, 0.25) is 0 Å². The molecule has 2 aliphatic rings. The summed E-state index contributed by atoms with van der Waals surface area (Å²) in [5.41, 5.74) is 1.28. The Balaban J connectivity index is 1.49. The normalized spacial score (nSPS) is 17.8. The van der Waals surface area contributed by atoms with Crippen LogP contribution in [0.1, 0.15) is 11.3 Å². The molecule has 1 aromatic carbocycles. The zero-order valence-electron chi connectivity index (χ0n) is 16.6. The molecule has 0 unspecified atom stereocenters. The van der Waals surface area contributed by atoms with Crippen LogP contribution in [0.4, 0.5) is 5.82 Å². The fourth-order valence-corrected chi connectivity index (χ4v) is 5.24. The summed E-state index contributed by atoms with van der Waals surface area (Å²) in [6.07, 6.45) is 0. The maximum absolute atomic E-state index is 12.5. The van der Waals surface area contributed by atoms with Gasteiger partial charge >= 0.3 is 11.8 Å².